The first kappa shape index (κ1) is 18.7. The van der Waals surface area contributed by atoms with Crippen LogP contribution in [0.25, 0.3) is 12.2 Å². The van der Waals surface area contributed by atoms with E-state index in [0.717, 1.165) is 11.1 Å². The number of nitrogens with one attached hydrogen (secondary N) is 1. The summed E-state index contributed by atoms with van der Waals surface area (Å²) in [6, 6.07) is 14.5. The summed E-state index contributed by atoms with van der Waals surface area (Å²) in [6.07, 6.45) is -1.29. The molecule has 1 amide bonds. The van der Waals surface area contributed by atoms with Gasteiger partial charge in [-0.15, -0.1) is 0 Å². The summed E-state index contributed by atoms with van der Waals surface area (Å²) < 4.78 is 38.1. The van der Waals surface area contributed by atoms with Gasteiger partial charge in [0.1, 0.15) is 0 Å². The highest BCUT2D eigenvalue weighted by Gasteiger charge is 2.55. The molecule has 6 heteroatoms. The van der Waals surface area contributed by atoms with Crippen molar-refractivity contribution in [2.75, 3.05) is 5.32 Å². The standard InChI is InChI=1S/C19H18F3NO2/c1-13-12-15(9-8-14-6-4-3-5-7-14)10-11-16(13)23-17(24)18(2,25)19(20,21)22/h3-12,25H,1-2H3,(H,23,24)/b9-8+. The van der Waals surface area contributed by atoms with E-state index in [4.69, 9.17) is 0 Å². The Hall–Kier alpha value is -2.60. The Morgan fingerprint density at radius 2 is 1.64 bits per heavy atom. The lowest BCUT2D eigenvalue weighted by Crippen LogP contribution is -2.52. The molecule has 0 fully saturated rings. The summed E-state index contributed by atoms with van der Waals surface area (Å²) in [4.78, 5) is 11.7. The van der Waals surface area contributed by atoms with Crippen LogP contribution in [0.2, 0.25) is 0 Å². The number of rotatable bonds is 4. The molecule has 1 atom stereocenters. The minimum Gasteiger partial charge on any atom is -0.373 e. The molecular weight excluding hydrogens is 331 g/mol. The number of carbonyl (C=O) groups is 1. The number of aliphatic hydroxyl groups is 1. The first-order valence-electron chi connectivity index (χ1n) is 7.55. The minimum absolute atomic E-state index is 0.214. The van der Waals surface area contributed by atoms with Crippen molar-refractivity contribution in [2.24, 2.45) is 0 Å². The van der Waals surface area contributed by atoms with E-state index in [1.54, 1.807) is 19.1 Å². The lowest BCUT2D eigenvalue weighted by atomic mass is 10.0. The molecule has 2 rings (SSSR count). The number of hydrogen-bond donors (Lipinski definition) is 2. The second kappa shape index (κ2) is 7.11. The average molecular weight is 349 g/mol. The van der Waals surface area contributed by atoms with Gasteiger partial charge in [0, 0.05) is 5.69 Å². The Bertz CT molecular complexity index is 781. The summed E-state index contributed by atoms with van der Waals surface area (Å²) in [5, 5.41) is 11.5. The maximum absolute atomic E-state index is 12.7. The Morgan fingerprint density at radius 1 is 1.04 bits per heavy atom. The summed E-state index contributed by atoms with van der Waals surface area (Å²) >= 11 is 0. The van der Waals surface area contributed by atoms with Gasteiger partial charge in [-0.2, -0.15) is 13.2 Å². The zero-order chi connectivity index (χ0) is 18.7. The molecule has 0 aliphatic rings. The molecule has 0 aromatic heterocycles. The van der Waals surface area contributed by atoms with Gasteiger partial charge < -0.3 is 10.4 Å². The summed E-state index contributed by atoms with van der Waals surface area (Å²) in [5.41, 5.74) is -0.806. The SMILES string of the molecule is Cc1cc(/C=C/c2ccccc2)ccc1NC(=O)C(C)(O)C(F)(F)F. The third-order valence-electron chi connectivity index (χ3n) is 3.76. The van der Waals surface area contributed by atoms with Gasteiger partial charge in [-0.3, -0.25) is 4.79 Å². The topological polar surface area (TPSA) is 49.3 Å². The quantitative estimate of drug-likeness (QED) is 0.803. The van der Waals surface area contributed by atoms with Crippen LogP contribution in [-0.2, 0) is 4.79 Å². The fraction of sp³-hybridized carbons (Fsp3) is 0.211. The van der Waals surface area contributed by atoms with Crippen LogP contribution in [0.3, 0.4) is 0 Å². The maximum atomic E-state index is 12.7. The monoisotopic (exact) mass is 349 g/mol. The van der Waals surface area contributed by atoms with Gasteiger partial charge in [0.25, 0.3) is 5.91 Å². The van der Waals surface area contributed by atoms with E-state index in [1.165, 1.54) is 6.07 Å². The van der Waals surface area contributed by atoms with Crippen molar-refractivity contribution in [3.63, 3.8) is 0 Å². The smallest absolute Gasteiger partial charge is 0.373 e. The van der Waals surface area contributed by atoms with Gasteiger partial charge in [-0.25, -0.2) is 0 Å². The van der Waals surface area contributed by atoms with Crippen LogP contribution in [-0.4, -0.2) is 22.8 Å². The first-order valence-corrected chi connectivity index (χ1v) is 7.55. The van der Waals surface area contributed by atoms with Crippen LogP contribution in [0.5, 0.6) is 0 Å². The van der Waals surface area contributed by atoms with Gasteiger partial charge >= 0.3 is 6.18 Å². The number of amides is 1. The molecule has 2 aromatic rings. The molecule has 132 valence electrons. The number of aryl methyl sites for hydroxylation is 1. The fourth-order valence-electron chi connectivity index (χ4n) is 2.06. The fourth-order valence-corrected chi connectivity index (χ4v) is 2.06. The van der Waals surface area contributed by atoms with E-state index in [0.29, 0.717) is 12.5 Å². The Labute approximate surface area is 143 Å². The molecule has 0 aliphatic heterocycles. The molecule has 0 saturated heterocycles. The molecule has 0 aliphatic carbocycles. The van der Waals surface area contributed by atoms with Crippen molar-refractivity contribution in [3.8, 4) is 0 Å². The van der Waals surface area contributed by atoms with Crippen LogP contribution in [0.1, 0.15) is 23.6 Å². The summed E-state index contributed by atoms with van der Waals surface area (Å²) in [5.74, 6) is -1.52. The predicted octanol–water partition coefficient (Wildman–Crippen LogP) is 4.42. The number of hydrogen-bond acceptors (Lipinski definition) is 2. The second-order valence-corrected chi connectivity index (χ2v) is 5.84. The highest BCUT2D eigenvalue weighted by molar-refractivity contribution is 5.98. The van der Waals surface area contributed by atoms with E-state index in [9.17, 15) is 23.1 Å². The van der Waals surface area contributed by atoms with Gasteiger partial charge in [0.2, 0.25) is 5.60 Å². The van der Waals surface area contributed by atoms with Crippen molar-refractivity contribution >= 4 is 23.7 Å². The number of anilines is 1. The third-order valence-corrected chi connectivity index (χ3v) is 3.76. The molecule has 0 saturated carbocycles. The van der Waals surface area contributed by atoms with Crippen LogP contribution in [0.15, 0.2) is 48.5 Å². The molecule has 2 aromatic carbocycles. The van der Waals surface area contributed by atoms with Crippen LogP contribution in [0, 0.1) is 6.92 Å². The molecule has 2 N–H and O–H groups in total. The summed E-state index contributed by atoms with van der Waals surface area (Å²) in [6.45, 7) is 2.09. The highest BCUT2D eigenvalue weighted by atomic mass is 19.4. The number of benzene rings is 2. The molecule has 25 heavy (non-hydrogen) atoms. The zero-order valence-corrected chi connectivity index (χ0v) is 13.8. The largest absolute Gasteiger partial charge is 0.426 e. The van der Waals surface area contributed by atoms with Crippen molar-refractivity contribution in [2.45, 2.75) is 25.6 Å². The van der Waals surface area contributed by atoms with E-state index in [-0.39, 0.29) is 5.69 Å². The lowest BCUT2D eigenvalue weighted by Gasteiger charge is -2.25. The number of halogens is 3. The average Bonchev–Trinajstić information content (AvgIpc) is 2.55. The third kappa shape index (κ3) is 4.48. The van der Waals surface area contributed by atoms with E-state index >= 15 is 0 Å². The molecule has 0 radical (unpaired) electrons. The van der Waals surface area contributed by atoms with Crippen molar-refractivity contribution in [1.82, 2.24) is 0 Å². The second-order valence-electron chi connectivity index (χ2n) is 5.84. The van der Waals surface area contributed by atoms with E-state index < -0.39 is 17.7 Å². The van der Waals surface area contributed by atoms with Crippen LogP contribution in [0.4, 0.5) is 18.9 Å². The number of alkyl halides is 3. The van der Waals surface area contributed by atoms with Gasteiger partial charge in [0.15, 0.2) is 0 Å². The summed E-state index contributed by atoms with van der Waals surface area (Å²) in [7, 11) is 0. The molecule has 0 bridgehead atoms. The predicted molar refractivity (Wildman–Crippen MR) is 91.9 cm³/mol. The Balaban J connectivity index is 2.15. The van der Waals surface area contributed by atoms with Crippen LogP contribution >= 0.6 is 0 Å². The van der Waals surface area contributed by atoms with Gasteiger partial charge in [0.05, 0.1) is 0 Å². The molecule has 0 spiro atoms. The van der Waals surface area contributed by atoms with Gasteiger partial charge in [-0.1, -0.05) is 48.6 Å². The van der Waals surface area contributed by atoms with Gasteiger partial charge in [-0.05, 0) is 42.7 Å². The maximum Gasteiger partial charge on any atom is 0.426 e. The van der Waals surface area contributed by atoms with Crippen molar-refractivity contribution in [1.29, 1.82) is 0 Å². The Morgan fingerprint density at radius 3 is 2.20 bits per heavy atom. The van der Waals surface area contributed by atoms with Crippen LogP contribution < -0.4 is 5.32 Å². The van der Waals surface area contributed by atoms with Crippen molar-refractivity contribution in [3.05, 3.63) is 65.2 Å². The highest BCUT2D eigenvalue weighted by Crippen LogP contribution is 2.31. The van der Waals surface area contributed by atoms with Crippen molar-refractivity contribution < 1.29 is 23.1 Å². The molecule has 3 nitrogen and oxygen atoms in total. The molecular formula is C19H18F3NO2. The number of carbonyl (C=O) groups excluding carboxylic acids is 1. The zero-order valence-electron chi connectivity index (χ0n) is 13.8. The lowest BCUT2D eigenvalue weighted by molar-refractivity contribution is -0.242. The van der Waals surface area contributed by atoms with E-state index in [1.807, 2.05) is 42.5 Å². The Kier molecular flexibility index (Phi) is 5.33. The van der Waals surface area contributed by atoms with E-state index in [2.05, 4.69) is 5.32 Å². The molecule has 1 unspecified atom stereocenters. The first-order chi connectivity index (χ1) is 11.6. The minimum atomic E-state index is -5.05. The normalized spacial score (nSPS) is 14.3. The molecule has 0 heterocycles.